The highest BCUT2D eigenvalue weighted by Crippen LogP contribution is 2.45. The Kier molecular flexibility index (Phi) is 5.83. The lowest BCUT2D eigenvalue weighted by Crippen LogP contribution is -2.29. The van der Waals surface area contributed by atoms with Gasteiger partial charge < -0.3 is 14.6 Å². The van der Waals surface area contributed by atoms with Gasteiger partial charge >= 0.3 is 0 Å². The number of aliphatic hydroxyl groups excluding tert-OH is 1. The number of aromatic nitrogens is 1. The summed E-state index contributed by atoms with van der Waals surface area (Å²) in [6.45, 7) is 0. The number of carbonyl (C=O) groups excluding carboxylic acids is 2. The molecule has 0 bridgehead atoms. The van der Waals surface area contributed by atoms with Gasteiger partial charge in [-0.2, -0.15) is 0 Å². The van der Waals surface area contributed by atoms with Gasteiger partial charge in [0, 0.05) is 28.4 Å². The van der Waals surface area contributed by atoms with Crippen LogP contribution in [0.2, 0.25) is 5.02 Å². The van der Waals surface area contributed by atoms with Crippen molar-refractivity contribution in [2.75, 3.05) is 19.1 Å². The van der Waals surface area contributed by atoms with Gasteiger partial charge in [-0.05, 0) is 48.5 Å². The summed E-state index contributed by atoms with van der Waals surface area (Å²) in [5, 5.41) is 11.6. The summed E-state index contributed by atoms with van der Waals surface area (Å²) >= 11 is 5.96. The molecule has 1 aromatic heterocycles. The zero-order valence-corrected chi connectivity index (χ0v) is 18.0. The van der Waals surface area contributed by atoms with Gasteiger partial charge in [0.15, 0.2) is 0 Å². The van der Waals surface area contributed by atoms with Gasteiger partial charge in [0.05, 0.1) is 37.7 Å². The van der Waals surface area contributed by atoms with Crippen LogP contribution in [0.25, 0.3) is 5.76 Å². The van der Waals surface area contributed by atoms with Crippen LogP contribution in [0.15, 0.2) is 72.6 Å². The summed E-state index contributed by atoms with van der Waals surface area (Å²) in [7, 11) is 3.00. The average molecular weight is 451 g/mol. The van der Waals surface area contributed by atoms with E-state index in [0.717, 1.165) is 0 Å². The molecule has 1 aliphatic rings. The van der Waals surface area contributed by atoms with E-state index >= 15 is 0 Å². The molecule has 2 aromatic carbocycles. The Bertz CT molecular complexity index is 1210. The predicted octanol–water partition coefficient (Wildman–Crippen LogP) is 4.38. The lowest BCUT2D eigenvalue weighted by Gasteiger charge is -2.26. The molecule has 1 saturated heterocycles. The van der Waals surface area contributed by atoms with Crippen LogP contribution in [0, 0.1) is 0 Å². The topological polar surface area (TPSA) is 89.0 Å². The van der Waals surface area contributed by atoms with E-state index in [1.54, 1.807) is 60.8 Å². The van der Waals surface area contributed by atoms with Crippen molar-refractivity contribution in [2.24, 2.45) is 0 Å². The molecule has 1 amide bonds. The van der Waals surface area contributed by atoms with Gasteiger partial charge in [0.1, 0.15) is 17.3 Å². The number of ketones is 1. The number of ether oxygens (including phenoxy) is 2. The zero-order chi connectivity index (χ0) is 22.8. The molecule has 1 aliphatic heterocycles. The maximum Gasteiger partial charge on any atom is 0.300 e. The minimum absolute atomic E-state index is 0.0651. The molecule has 4 rings (SSSR count). The van der Waals surface area contributed by atoms with Gasteiger partial charge in [-0.1, -0.05) is 11.6 Å². The third-order valence-corrected chi connectivity index (χ3v) is 5.47. The number of aliphatic hydroxyl groups is 1. The molecule has 7 nitrogen and oxygen atoms in total. The quantitative estimate of drug-likeness (QED) is 0.352. The fraction of sp³-hybridized carbons (Fsp3) is 0.125. The van der Waals surface area contributed by atoms with Crippen LogP contribution in [0.3, 0.4) is 0 Å². The fourth-order valence-electron chi connectivity index (χ4n) is 3.70. The van der Waals surface area contributed by atoms with Crippen molar-refractivity contribution in [3.05, 3.63) is 88.7 Å². The van der Waals surface area contributed by atoms with Crippen LogP contribution < -0.4 is 14.4 Å². The smallest absolute Gasteiger partial charge is 0.300 e. The molecular weight excluding hydrogens is 432 g/mol. The van der Waals surface area contributed by atoms with Crippen LogP contribution in [0.1, 0.15) is 17.2 Å². The number of halogens is 1. The van der Waals surface area contributed by atoms with Crippen molar-refractivity contribution in [2.45, 2.75) is 6.04 Å². The number of Topliss-reactive ketones (excluding diaryl/α,β-unsaturated/α-hetero) is 1. The Morgan fingerprint density at radius 3 is 2.44 bits per heavy atom. The van der Waals surface area contributed by atoms with Crippen molar-refractivity contribution in [1.29, 1.82) is 0 Å². The molecule has 1 N–H and O–H groups in total. The second kappa shape index (κ2) is 8.72. The molecule has 32 heavy (non-hydrogen) atoms. The van der Waals surface area contributed by atoms with Crippen molar-refractivity contribution in [1.82, 2.24) is 4.98 Å². The Balaban J connectivity index is 1.98. The van der Waals surface area contributed by atoms with E-state index in [1.165, 1.54) is 25.3 Å². The zero-order valence-electron chi connectivity index (χ0n) is 17.3. The third kappa shape index (κ3) is 3.67. The minimum Gasteiger partial charge on any atom is -0.507 e. The third-order valence-electron chi connectivity index (χ3n) is 5.22. The molecule has 8 heteroatoms. The average Bonchev–Trinajstić information content (AvgIpc) is 3.09. The first-order valence-corrected chi connectivity index (χ1v) is 10.0. The van der Waals surface area contributed by atoms with Crippen LogP contribution in [0.4, 0.5) is 5.69 Å². The van der Waals surface area contributed by atoms with E-state index in [1.807, 2.05) is 0 Å². The molecule has 0 aliphatic carbocycles. The standard InChI is InChI=1S/C24H19ClN2O5/c1-31-17-9-10-18(19(12-17)32-2)21-20(22(28)14-5-7-15(25)8-6-14)23(29)24(30)27(21)16-4-3-11-26-13-16/h3-13,21,28H,1-2H3/t21-/m0/s1. The number of rotatable bonds is 5. The van der Waals surface area contributed by atoms with E-state index in [-0.39, 0.29) is 11.3 Å². The molecule has 0 unspecified atom stereocenters. The highest BCUT2D eigenvalue weighted by molar-refractivity contribution is 6.51. The van der Waals surface area contributed by atoms with E-state index < -0.39 is 17.7 Å². The first-order valence-electron chi connectivity index (χ1n) is 9.65. The van der Waals surface area contributed by atoms with Gasteiger partial charge in [-0.15, -0.1) is 0 Å². The Morgan fingerprint density at radius 1 is 1.06 bits per heavy atom. The predicted molar refractivity (Wildman–Crippen MR) is 120 cm³/mol. The van der Waals surface area contributed by atoms with Crippen LogP contribution in [-0.2, 0) is 9.59 Å². The van der Waals surface area contributed by atoms with Crippen LogP contribution >= 0.6 is 11.6 Å². The summed E-state index contributed by atoms with van der Waals surface area (Å²) in [6, 6.07) is 13.8. The molecule has 0 radical (unpaired) electrons. The minimum atomic E-state index is -0.948. The van der Waals surface area contributed by atoms with Gasteiger partial charge in [-0.25, -0.2) is 0 Å². The monoisotopic (exact) mass is 450 g/mol. The number of nitrogens with zero attached hydrogens (tertiary/aromatic N) is 2. The largest absolute Gasteiger partial charge is 0.507 e. The van der Waals surface area contributed by atoms with Crippen LogP contribution in [0.5, 0.6) is 11.5 Å². The van der Waals surface area contributed by atoms with Crippen molar-refractivity contribution in [3.63, 3.8) is 0 Å². The van der Waals surface area contributed by atoms with Gasteiger partial charge in [-0.3, -0.25) is 19.5 Å². The number of methoxy groups -OCH3 is 2. The molecule has 162 valence electrons. The van der Waals surface area contributed by atoms with E-state index in [2.05, 4.69) is 4.98 Å². The van der Waals surface area contributed by atoms with Crippen molar-refractivity contribution >= 4 is 34.7 Å². The molecule has 1 fully saturated rings. The SMILES string of the molecule is COc1ccc([C@H]2C(=C(O)c3ccc(Cl)cc3)C(=O)C(=O)N2c2cccnc2)c(OC)c1. The second-order valence-corrected chi connectivity index (χ2v) is 7.43. The molecule has 1 atom stereocenters. The molecule has 3 aromatic rings. The summed E-state index contributed by atoms with van der Waals surface area (Å²) in [4.78, 5) is 31.7. The normalized spacial score (nSPS) is 17.5. The summed E-state index contributed by atoms with van der Waals surface area (Å²) < 4.78 is 10.8. The summed E-state index contributed by atoms with van der Waals surface area (Å²) in [5.74, 6) is -0.969. The van der Waals surface area contributed by atoms with Crippen LogP contribution in [-0.4, -0.2) is 36.0 Å². The van der Waals surface area contributed by atoms with Gasteiger partial charge in [0.2, 0.25) is 0 Å². The highest BCUT2D eigenvalue weighted by atomic mass is 35.5. The molecular formula is C24H19ClN2O5. The van der Waals surface area contributed by atoms with Crippen molar-refractivity contribution in [3.8, 4) is 11.5 Å². The van der Waals surface area contributed by atoms with Gasteiger partial charge in [0.25, 0.3) is 11.7 Å². The van der Waals surface area contributed by atoms with E-state index in [9.17, 15) is 14.7 Å². The Labute approximate surface area is 189 Å². The first-order chi connectivity index (χ1) is 15.5. The number of carbonyl (C=O) groups is 2. The fourth-order valence-corrected chi connectivity index (χ4v) is 3.82. The van der Waals surface area contributed by atoms with Crippen molar-refractivity contribution < 1.29 is 24.2 Å². The summed E-state index contributed by atoms with van der Waals surface area (Å²) in [6.07, 6.45) is 3.05. The molecule has 2 heterocycles. The number of hydrogen-bond acceptors (Lipinski definition) is 6. The first kappa shape index (κ1) is 21.4. The second-order valence-electron chi connectivity index (χ2n) is 7.00. The maximum absolute atomic E-state index is 13.2. The summed E-state index contributed by atoms with van der Waals surface area (Å²) in [5.41, 5.74) is 1.21. The Hall–Kier alpha value is -3.84. The highest BCUT2D eigenvalue weighted by Gasteiger charge is 2.48. The number of amides is 1. The van der Waals surface area contributed by atoms with E-state index in [4.69, 9.17) is 21.1 Å². The number of benzene rings is 2. The van der Waals surface area contributed by atoms with E-state index in [0.29, 0.717) is 33.3 Å². The number of hydrogen-bond donors (Lipinski definition) is 1. The Morgan fingerprint density at radius 2 is 1.81 bits per heavy atom. The number of pyridine rings is 1. The molecule has 0 saturated carbocycles. The maximum atomic E-state index is 13.2. The lowest BCUT2D eigenvalue weighted by molar-refractivity contribution is -0.132. The number of anilines is 1. The molecule has 0 spiro atoms. The lowest BCUT2D eigenvalue weighted by atomic mass is 9.94.